The first-order valence-corrected chi connectivity index (χ1v) is 5.66. The smallest absolute Gasteiger partial charge is 0.172 e. The van der Waals surface area contributed by atoms with Crippen molar-refractivity contribution in [3.05, 3.63) is 38.7 Å². The maximum atomic E-state index is 6.02. The zero-order chi connectivity index (χ0) is 11.0. The third kappa shape index (κ3) is 2.17. The van der Waals surface area contributed by atoms with E-state index in [-0.39, 0.29) is 0 Å². The van der Waals surface area contributed by atoms with E-state index in [4.69, 9.17) is 23.2 Å². The highest BCUT2D eigenvalue weighted by molar-refractivity contribution is 9.10. The first-order chi connectivity index (χ1) is 7.08. The average molecular weight is 307 g/mol. The second-order valence-corrected chi connectivity index (χ2v) is 4.64. The monoisotopic (exact) mass is 305 g/mol. The molecule has 0 atom stereocenters. The second-order valence-electron chi connectivity index (χ2n) is 2.98. The molecule has 78 valence electrons. The summed E-state index contributed by atoms with van der Waals surface area (Å²) in [5.74, 6) is 0.573. The van der Waals surface area contributed by atoms with E-state index in [2.05, 4.69) is 26.0 Å². The number of nitrogens with zero attached hydrogens (tertiary/aromatic N) is 3. The quantitative estimate of drug-likeness (QED) is 0.805. The summed E-state index contributed by atoms with van der Waals surface area (Å²) < 4.78 is 2.40. The van der Waals surface area contributed by atoms with E-state index in [0.717, 1.165) is 10.3 Å². The molecule has 3 nitrogen and oxygen atoms in total. The second kappa shape index (κ2) is 4.12. The summed E-state index contributed by atoms with van der Waals surface area (Å²) in [6.45, 7) is 1.92. The molecular weight excluding hydrogens is 301 g/mol. The van der Waals surface area contributed by atoms with Gasteiger partial charge in [0.1, 0.15) is 4.60 Å². The van der Waals surface area contributed by atoms with Crippen molar-refractivity contribution < 1.29 is 0 Å². The third-order valence-electron chi connectivity index (χ3n) is 1.85. The number of pyridine rings is 1. The van der Waals surface area contributed by atoms with Crippen molar-refractivity contribution >= 4 is 39.1 Å². The summed E-state index contributed by atoms with van der Waals surface area (Å²) in [5, 5.41) is 5.19. The fourth-order valence-electron chi connectivity index (χ4n) is 1.21. The van der Waals surface area contributed by atoms with Crippen LogP contribution >= 0.6 is 39.1 Å². The highest BCUT2D eigenvalue weighted by Crippen LogP contribution is 2.23. The van der Waals surface area contributed by atoms with Gasteiger partial charge in [-0.05, 0) is 35.0 Å². The van der Waals surface area contributed by atoms with Crippen LogP contribution < -0.4 is 0 Å². The van der Waals surface area contributed by atoms with Crippen LogP contribution in [0.3, 0.4) is 0 Å². The Kier molecular flexibility index (Phi) is 3.00. The minimum atomic E-state index is 0.473. The molecule has 15 heavy (non-hydrogen) atoms. The fraction of sp³-hybridized carbons (Fsp3) is 0.111. The Morgan fingerprint density at radius 1 is 1.33 bits per heavy atom. The van der Waals surface area contributed by atoms with Crippen LogP contribution in [0.15, 0.2) is 22.9 Å². The first-order valence-electron chi connectivity index (χ1n) is 4.11. The summed E-state index contributed by atoms with van der Waals surface area (Å²) in [7, 11) is 0. The van der Waals surface area contributed by atoms with Gasteiger partial charge in [0.2, 0.25) is 0 Å². The number of hydrogen-bond acceptors (Lipinski definition) is 2. The Morgan fingerprint density at radius 3 is 2.60 bits per heavy atom. The van der Waals surface area contributed by atoms with E-state index in [1.54, 1.807) is 10.7 Å². The van der Waals surface area contributed by atoms with Crippen LogP contribution in [0.4, 0.5) is 0 Å². The normalized spacial score (nSPS) is 10.7. The van der Waals surface area contributed by atoms with Gasteiger partial charge in [-0.2, -0.15) is 5.10 Å². The zero-order valence-electron chi connectivity index (χ0n) is 7.71. The molecule has 2 heterocycles. The van der Waals surface area contributed by atoms with E-state index in [9.17, 15) is 0 Å². The average Bonchev–Trinajstić information content (AvgIpc) is 2.45. The molecule has 0 saturated heterocycles. The molecule has 0 spiro atoms. The van der Waals surface area contributed by atoms with Crippen LogP contribution in [-0.2, 0) is 0 Å². The minimum Gasteiger partial charge on any atom is -0.234 e. The van der Waals surface area contributed by atoms with Crippen molar-refractivity contribution in [3.63, 3.8) is 0 Å². The molecule has 0 fully saturated rings. The van der Waals surface area contributed by atoms with Crippen LogP contribution in [0.25, 0.3) is 5.82 Å². The highest BCUT2D eigenvalue weighted by atomic mass is 79.9. The van der Waals surface area contributed by atoms with Gasteiger partial charge in [0.05, 0.1) is 10.0 Å². The number of rotatable bonds is 1. The van der Waals surface area contributed by atoms with Crippen molar-refractivity contribution in [3.8, 4) is 5.82 Å². The molecule has 6 heteroatoms. The van der Waals surface area contributed by atoms with Crippen molar-refractivity contribution in [2.45, 2.75) is 6.92 Å². The van der Waals surface area contributed by atoms with E-state index < -0.39 is 0 Å². The Bertz CT molecular complexity index is 510. The molecular formula is C9H6BrCl2N3. The molecule has 0 aliphatic rings. The molecule has 2 aromatic heterocycles. The van der Waals surface area contributed by atoms with Crippen molar-refractivity contribution in [2.75, 3.05) is 0 Å². The molecule has 0 bridgehead atoms. The SMILES string of the molecule is Cc1cc(Br)nn1-c1ncc(Cl)cc1Cl. The fourth-order valence-corrected chi connectivity index (χ4v) is 2.16. The topological polar surface area (TPSA) is 30.7 Å². The number of aromatic nitrogens is 3. The van der Waals surface area contributed by atoms with Gasteiger partial charge >= 0.3 is 0 Å². The number of aryl methyl sites for hydroxylation is 1. The maximum Gasteiger partial charge on any atom is 0.172 e. The Labute approximate surface area is 105 Å². The molecule has 0 saturated carbocycles. The molecule has 0 aromatic carbocycles. The van der Waals surface area contributed by atoms with Gasteiger partial charge in [-0.15, -0.1) is 0 Å². The van der Waals surface area contributed by atoms with Gasteiger partial charge in [0.25, 0.3) is 0 Å². The predicted octanol–water partition coefficient (Wildman–Crippen LogP) is 3.65. The van der Waals surface area contributed by atoms with Gasteiger partial charge < -0.3 is 0 Å². The Balaban J connectivity index is 2.59. The summed E-state index contributed by atoms with van der Waals surface area (Å²) >= 11 is 15.1. The Morgan fingerprint density at radius 2 is 2.07 bits per heavy atom. The molecule has 0 aliphatic carbocycles. The maximum absolute atomic E-state index is 6.02. The van der Waals surface area contributed by atoms with Crippen LogP contribution in [0, 0.1) is 6.92 Å². The summed E-state index contributed by atoms with van der Waals surface area (Å²) in [4.78, 5) is 4.14. The van der Waals surface area contributed by atoms with Crippen molar-refractivity contribution in [1.29, 1.82) is 0 Å². The summed E-state index contributed by atoms with van der Waals surface area (Å²) in [5.41, 5.74) is 0.943. The molecule has 2 aromatic rings. The number of halogens is 3. The van der Waals surface area contributed by atoms with Gasteiger partial charge in [-0.25, -0.2) is 9.67 Å². The summed E-state index contributed by atoms with van der Waals surface area (Å²) in [6, 6.07) is 3.52. The molecule has 0 N–H and O–H groups in total. The Hall–Kier alpha value is -0.580. The van der Waals surface area contributed by atoms with E-state index in [1.165, 1.54) is 6.20 Å². The first kappa shape index (κ1) is 10.9. The molecule has 2 rings (SSSR count). The van der Waals surface area contributed by atoms with Gasteiger partial charge in [-0.1, -0.05) is 23.2 Å². The molecule has 0 unspecified atom stereocenters. The van der Waals surface area contributed by atoms with Crippen LogP contribution in [-0.4, -0.2) is 14.8 Å². The highest BCUT2D eigenvalue weighted by Gasteiger charge is 2.09. The largest absolute Gasteiger partial charge is 0.234 e. The number of hydrogen-bond donors (Lipinski definition) is 0. The molecule has 0 aliphatic heterocycles. The van der Waals surface area contributed by atoms with Crippen molar-refractivity contribution in [1.82, 2.24) is 14.8 Å². The van der Waals surface area contributed by atoms with Gasteiger partial charge in [-0.3, -0.25) is 0 Å². The van der Waals surface area contributed by atoms with Crippen molar-refractivity contribution in [2.24, 2.45) is 0 Å². The lowest BCUT2D eigenvalue weighted by Crippen LogP contribution is -2.02. The van der Waals surface area contributed by atoms with Gasteiger partial charge in [0, 0.05) is 11.9 Å². The third-order valence-corrected chi connectivity index (χ3v) is 2.72. The molecule has 0 amide bonds. The lowest BCUT2D eigenvalue weighted by Gasteiger charge is -2.05. The van der Waals surface area contributed by atoms with Crippen LogP contribution in [0.2, 0.25) is 10.0 Å². The lowest BCUT2D eigenvalue weighted by atomic mass is 10.4. The summed E-state index contributed by atoms with van der Waals surface area (Å²) in [6.07, 6.45) is 1.54. The predicted molar refractivity (Wildman–Crippen MR) is 63.8 cm³/mol. The van der Waals surface area contributed by atoms with E-state index in [0.29, 0.717) is 15.9 Å². The molecule has 0 radical (unpaired) electrons. The zero-order valence-corrected chi connectivity index (χ0v) is 10.8. The van der Waals surface area contributed by atoms with Gasteiger partial charge in [0.15, 0.2) is 5.82 Å². The standard InChI is InChI=1S/C9H6BrCl2N3/c1-5-2-8(10)14-15(5)9-7(12)3-6(11)4-13-9/h2-4H,1H3. The minimum absolute atomic E-state index is 0.473. The van der Waals surface area contributed by atoms with E-state index in [1.807, 2.05) is 13.0 Å². The van der Waals surface area contributed by atoms with Crippen LogP contribution in [0.1, 0.15) is 5.69 Å². The lowest BCUT2D eigenvalue weighted by molar-refractivity contribution is 0.811. The van der Waals surface area contributed by atoms with Crippen LogP contribution in [0.5, 0.6) is 0 Å². The van der Waals surface area contributed by atoms with E-state index >= 15 is 0 Å².